The minimum atomic E-state index is -5.42. The molecule has 2 aromatic rings. The van der Waals surface area contributed by atoms with Crippen LogP contribution < -0.4 is 10.6 Å². The zero-order chi connectivity index (χ0) is 33.3. The van der Waals surface area contributed by atoms with Crippen molar-refractivity contribution in [2.75, 3.05) is 6.54 Å². The van der Waals surface area contributed by atoms with E-state index in [2.05, 4.69) is 0 Å². The smallest absolute Gasteiger partial charge is 0.345 e. The van der Waals surface area contributed by atoms with Crippen molar-refractivity contribution in [3.05, 3.63) is 74.3 Å². The van der Waals surface area contributed by atoms with Crippen LogP contribution in [0.2, 0.25) is 10.0 Å². The number of hydrogen-bond acceptors (Lipinski definition) is 2. The molecule has 0 spiro atoms. The van der Waals surface area contributed by atoms with Crippen molar-refractivity contribution in [1.82, 2.24) is 10.6 Å². The summed E-state index contributed by atoms with van der Waals surface area (Å²) in [4.78, 5) is 24.2. The van der Waals surface area contributed by atoms with Gasteiger partial charge in [-0.15, -0.1) is 0 Å². The van der Waals surface area contributed by atoms with Crippen molar-refractivity contribution in [2.45, 2.75) is 50.3 Å². The zero-order valence-corrected chi connectivity index (χ0v) is 22.9. The molecule has 0 heterocycles. The molecule has 0 aliphatic heterocycles. The molecule has 2 N–H and O–H groups in total. The van der Waals surface area contributed by atoms with Crippen LogP contribution in [0.3, 0.4) is 0 Å². The molecule has 2 rings (SSSR count). The van der Waals surface area contributed by atoms with E-state index in [1.165, 1.54) is 5.32 Å². The first-order valence-electron chi connectivity index (χ1n) is 11.5. The van der Waals surface area contributed by atoms with Gasteiger partial charge in [-0.3, -0.25) is 9.59 Å². The average molecular weight is 677 g/mol. The molecule has 0 aromatic heterocycles. The second-order valence-electron chi connectivity index (χ2n) is 9.07. The minimum absolute atomic E-state index is 0.0248. The number of allylic oxidation sites excluding steroid dienone is 1. The normalized spacial score (nSPS) is 14.7. The molecular weight excluding hydrogens is 659 g/mol. The average Bonchev–Trinajstić information content (AvgIpc) is 2.84. The van der Waals surface area contributed by atoms with Gasteiger partial charge in [0.2, 0.25) is 5.91 Å². The van der Waals surface area contributed by atoms with Crippen LogP contribution in [-0.2, 0) is 16.9 Å². The summed E-state index contributed by atoms with van der Waals surface area (Å²) in [5.41, 5.74) is -6.38. The highest BCUT2D eigenvalue weighted by Crippen LogP contribution is 2.44. The van der Waals surface area contributed by atoms with Crippen molar-refractivity contribution in [3.8, 4) is 0 Å². The fourth-order valence-corrected chi connectivity index (χ4v) is 4.04. The molecule has 1 unspecified atom stereocenters. The van der Waals surface area contributed by atoms with E-state index in [9.17, 15) is 57.9 Å². The lowest BCUT2D eigenvalue weighted by Crippen LogP contribution is -2.47. The molecule has 18 heteroatoms. The molecule has 0 saturated heterocycles. The Kier molecular flexibility index (Phi) is 10.8. The highest BCUT2D eigenvalue weighted by molar-refractivity contribution is 6.42. The lowest BCUT2D eigenvalue weighted by Gasteiger charge is -2.22. The summed E-state index contributed by atoms with van der Waals surface area (Å²) in [6.07, 6.45) is -15.8. The quantitative estimate of drug-likeness (QED) is 0.275. The molecule has 2 atom stereocenters. The van der Waals surface area contributed by atoms with Crippen molar-refractivity contribution in [1.29, 1.82) is 0 Å². The zero-order valence-electron chi connectivity index (χ0n) is 21.4. The highest BCUT2D eigenvalue weighted by Gasteiger charge is 2.42. The Balaban J connectivity index is 2.52. The van der Waals surface area contributed by atoms with E-state index in [4.69, 9.17) is 23.2 Å². The fourth-order valence-electron chi connectivity index (χ4n) is 3.54. The molecule has 4 nitrogen and oxygen atoms in total. The summed E-state index contributed by atoms with van der Waals surface area (Å²) in [6, 6.07) is -0.107. The highest BCUT2D eigenvalue weighted by atomic mass is 35.5. The van der Waals surface area contributed by atoms with Crippen LogP contribution in [0.5, 0.6) is 0 Å². The van der Waals surface area contributed by atoms with Crippen LogP contribution in [-0.4, -0.2) is 36.8 Å². The Morgan fingerprint density at radius 3 is 1.98 bits per heavy atom. The van der Waals surface area contributed by atoms with Gasteiger partial charge in [0, 0.05) is 18.1 Å². The Morgan fingerprint density at radius 1 is 0.907 bits per heavy atom. The number of nitrogens with one attached hydrogen (secondary N) is 2. The molecule has 0 aliphatic rings. The summed E-state index contributed by atoms with van der Waals surface area (Å²) in [6.45, 7) is -0.642. The molecule has 0 bridgehead atoms. The summed E-state index contributed by atoms with van der Waals surface area (Å²) in [7, 11) is 0. The van der Waals surface area contributed by atoms with Gasteiger partial charge < -0.3 is 10.6 Å². The molecule has 238 valence electrons. The molecule has 43 heavy (non-hydrogen) atoms. The number of halogens is 14. The summed E-state index contributed by atoms with van der Waals surface area (Å²) < 4.78 is 163. The van der Waals surface area contributed by atoms with E-state index >= 15 is 4.39 Å². The van der Waals surface area contributed by atoms with Crippen molar-refractivity contribution in [3.63, 3.8) is 0 Å². The number of alkyl halides is 11. The number of amides is 2. The molecular formula is C25H18Cl2F12N2O2. The van der Waals surface area contributed by atoms with Gasteiger partial charge in [-0.05, 0) is 42.8 Å². The molecule has 0 radical (unpaired) electrons. The van der Waals surface area contributed by atoms with Gasteiger partial charge in [0.25, 0.3) is 11.8 Å². The van der Waals surface area contributed by atoms with Crippen LogP contribution in [0.4, 0.5) is 52.7 Å². The SMILES string of the molecule is C[C@@H](NC(=O)c1ccc(/C(F)=C/C(c2cc(Cl)c(Cl)c(C(C)(F)F)c2)C(F)(F)F)cc1C(F)(F)F)C(=O)NCC(F)(F)F. The number of benzene rings is 2. The Bertz CT molecular complexity index is 1400. The van der Waals surface area contributed by atoms with E-state index in [-0.39, 0.29) is 12.1 Å². The van der Waals surface area contributed by atoms with Crippen LogP contribution in [0.15, 0.2) is 36.4 Å². The number of hydrogen-bond donors (Lipinski definition) is 2. The van der Waals surface area contributed by atoms with E-state index in [0.29, 0.717) is 31.2 Å². The maximum Gasteiger partial charge on any atom is 0.417 e. The van der Waals surface area contributed by atoms with Gasteiger partial charge in [0.1, 0.15) is 24.3 Å². The summed E-state index contributed by atoms with van der Waals surface area (Å²) in [5, 5.41) is 1.62. The Hall–Kier alpha value is -3.14. The van der Waals surface area contributed by atoms with Crippen LogP contribution in [0.25, 0.3) is 5.83 Å². The van der Waals surface area contributed by atoms with Crippen molar-refractivity contribution in [2.24, 2.45) is 0 Å². The van der Waals surface area contributed by atoms with Gasteiger partial charge in [0.05, 0.1) is 21.2 Å². The van der Waals surface area contributed by atoms with Crippen molar-refractivity contribution >= 4 is 40.8 Å². The molecule has 0 fully saturated rings. The van der Waals surface area contributed by atoms with Gasteiger partial charge >= 0.3 is 18.5 Å². The van der Waals surface area contributed by atoms with Crippen molar-refractivity contribution < 1.29 is 62.3 Å². The maximum atomic E-state index is 15.1. The summed E-state index contributed by atoms with van der Waals surface area (Å²) >= 11 is 11.4. The standard InChI is InChI=1S/C25H18Cl2F12N2O2/c1-10(20(42)40-9-23(31,32)33)41-21(43)13-4-3-11(5-15(13)25(37,38)39)18(28)8-14(24(34,35)36)12-6-16(22(2,29)30)19(27)17(26)7-12/h3-8,10,14H,9H2,1-2H3,(H,40,42)(H,41,43)/b18-8-/t10-,14?/m1/s1. The lowest BCUT2D eigenvalue weighted by molar-refractivity contribution is -0.140. The number of carbonyl (C=O) groups excluding carboxylic acids is 2. The fraction of sp³-hybridized carbons (Fsp3) is 0.360. The third-order valence-electron chi connectivity index (χ3n) is 5.60. The third kappa shape index (κ3) is 9.68. The van der Waals surface area contributed by atoms with E-state index in [0.717, 1.165) is 6.92 Å². The van der Waals surface area contributed by atoms with Crippen LogP contribution in [0, 0.1) is 0 Å². The first kappa shape index (κ1) is 36.1. The van der Waals surface area contributed by atoms with Crippen LogP contribution in [0.1, 0.15) is 52.4 Å². The monoisotopic (exact) mass is 676 g/mol. The number of carbonyl (C=O) groups is 2. The van der Waals surface area contributed by atoms with E-state index < -0.39 is 98.5 Å². The lowest BCUT2D eigenvalue weighted by atomic mass is 9.93. The third-order valence-corrected chi connectivity index (χ3v) is 6.40. The summed E-state index contributed by atoms with van der Waals surface area (Å²) in [5.74, 6) is -11.7. The maximum absolute atomic E-state index is 15.1. The van der Waals surface area contributed by atoms with Crippen LogP contribution >= 0.6 is 23.2 Å². The predicted octanol–water partition coefficient (Wildman–Crippen LogP) is 8.58. The van der Waals surface area contributed by atoms with Gasteiger partial charge in [-0.25, -0.2) is 13.2 Å². The topological polar surface area (TPSA) is 58.2 Å². The van der Waals surface area contributed by atoms with E-state index in [1.807, 2.05) is 0 Å². The largest absolute Gasteiger partial charge is 0.417 e. The number of rotatable bonds is 8. The second-order valence-corrected chi connectivity index (χ2v) is 9.86. The van der Waals surface area contributed by atoms with Gasteiger partial charge in [0.15, 0.2) is 0 Å². The van der Waals surface area contributed by atoms with Gasteiger partial charge in [-0.2, -0.15) is 39.5 Å². The first-order valence-corrected chi connectivity index (χ1v) is 12.3. The second kappa shape index (κ2) is 12.8. The molecule has 0 saturated carbocycles. The Morgan fingerprint density at radius 2 is 1.49 bits per heavy atom. The Labute approximate surface area is 245 Å². The first-order chi connectivity index (χ1) is 19.3. The minimum Gasteiger partial charge on any atom is -0.345 e. The molecule has 2 aromatic carbocycles. The van der Waals surface area contributed by atoms with E-state index in [1.54, 1.807) is 5.32 Å². The van der Waals surface area contributed by atoms with Gasteiger partial charge in [-0.1, -0.05) is 29.3 Å². The molecule has 0 aliphatic carbocycles. The predicted molar refractivity (Wildman–Crippen MR) is 131 cm³/mol. The molecule has 2 amide bonds.